The maximum absolute atomic E-state index is 13.3. The van der Waals surface area contributed by atoms with E-state index in [1.54, 1.807) is 11.9 Å². The van der Waals surface area contributed by atoms with E-state index in [2.05, 4.69) is 6.92 Å². The summed E-state index contributed by atoms with van der Waals surface area (Å²) in [6.45, 7) is 5.46. The van der Waals surface area contributed by atoms with Crippen molar-refractivity contribution in [1.82, 2.24) is 18.9 Å². The molecule has 5 N–H and O–H groups in total. The lowest BCUT2D eigenvalue weighted by Crippen LogP contribution is -2.48. The molecule has 12 heteroatoms. The van der Waals surface area contributed by atoms with Crippen molar-refractivity contribution in [2.45, 2.75) is 103 Å². The monoisotopic (exact) mass is 534 g/mol. The normalized spacial score (nSPS) is 29.8. The van der Waals surface area contributed by atoms with Gasteiger partial charge in [0.1, 0.15) is 11.4 Å². The molecule has 0 aromatic carbocycles. The van der Waals surface area contributed by atoms with E-state index in [0.717, 1.165) is 28.4 Å². The first-order valence-corrected chi connectivity index (χ1v) is 13.7. The van der Waals surface area contributed by atoms with E-state index in [4.69, 9.17) is 15.9 Å². The smallest absolute Gasteiger partial charge is 0.334 e. The number of ether oxygens (including phenoxy) is 1. The topological polar surface area (TPSA) is 167 Å². The van der Waals surface area contributed by atoms with Gasteiger partial charge in [0.05, 0.1) is 12.1 Å². The molecule has 1 aromatic heterocycles. The quantitative estimate of drug-likeness (QED) is 0.275. The van der Waals surface area contributed by atoms with Gasteiger partial charge < -0.3 is 25.6 Å². The van der Waals surface area contributed by atoms with Gasteiger partial charge >= 0.3 is 11.7 Å². The Morgan fingerprint density at radius 3 is 2.47 bits per heavy atom. The first-order chi connectivity index (χ1) is 18.0. The van der Waals surface area contributed by atoms with E-state index in [9.17, 15) is 24.6 Å². The zero-order valence-electron chi connectivity index (χ0n) is 22.7. The van der Waals surface area contributed by atoms with Crippen LogP contribution in [0.5, 0.6) is 5.88 Å². The number of nitrogens with two attached hydrogens (primary N) is 1. The molecule has 1 aromatic rings. The molecule has 38 heavy (non-hydrogen) atoms. The molecular weight excluding hydrogens is 492 g/mol. The predicted octanol–water partition coefficient (Wildman–Crippen LogP) is 1.54. The Hall–Kier alpha value is -2.86. The van der Waals surface area contributed by atoms with E-state index < -0.39 is 35.2 Å². The Balaban J connectivity index is 1.54. The van der Waals surface area contributed by atoms with Crippen molar-refractivity contribution in [2.24, 2.45) is 11.1 Å². The number of nitrogen functional groups attached to an aromatic ring is 1. The summed E-state index contributed by atoms with van der Waals surface area (Å²) in [7, 11) is 1.61. The van der Waals surface area contributed by atoms with Crippen molar-refractivity contribution < 1.29 is 19.7 Å². The highest BCUT2D eigenvalue weighted by molar-refractivity contribution is 5.96. The molecule has 2 unspecified atom stereocenters. The molecule has 1 aliphatic carbocycles. The van der Waals surface area contributed by atoms with Crippen LogP contribution in [0.15, 0.2) is 9.59 Å². The molecule has 3 fully saturated rings. The molecular formula is C26H42N6O6. The van der Waals surface area contributed by atoms with Crippen molar-refractivity contribution in [3.63, 3.8) is 0 Å². The standard InChI is InChI=1S/C26H42N6O6/c1-4-5-12-30-22(34)19(20(27)28)23(35)32(25(30)37)16-8-10-26(2,11-9-16)14-18-21(33)29(3)24(36)31(18)15-17-7-6-13-38-17/h16-18,21,33-34H,4-15H2,1-3H3,(H3,27,28)/t16?,17?,18-,21?,26?/m0/s1. The Labute approximate surface area is 222 Å². The molecule has 2 saturated heterocycles. The molecule has 2 aliphatic heterocycles. The van der Waals surface area contributed by atoms with Crippen molar-refractivity contribution in [2.75, 3.05) is 20.2 Å². The summed E-state index contributed by atoms with van der Waals surface area (Å²) < 4.78 is 8.06. The van der Waals surface area contributed by atoms with E-state index >= 15 is 0 Å². The van der Waals surface area contributed by atoms with Gasteiger partial charge in [-0.25, -0.2) is 9.59 Å². The van der Waals surface area contributed by atoms with Gasteiger partial charge in [0, 0.05) is 32.8 Å². The van der Waals surface area contributed by atoms with Crippen molar-refractivity contribution in [1.29, 1.82) is 5.41 Å². The minimum atomic E-state index is -0.915. The number of carbonyl (C=O) groups excluding carboxylic acids is 1. The molecule has 212 valence electrons. The lowest BCUT2D eigenvalue weighted by Gasteiger charge is -2.41. The number of unbranched alkanes of at least 4 members (excludes halogenated alkanes) is 1. The number of hydrogen-bond acceptors (Lipinski definition) is 7. The molecule has 1 saturated carbocycles. The number of likely N-dealkylation sites (N-methyl/N-ethyl adjacent to an activating group) is 1. The number of rotatable bonds is 9. The highest BCUT2D eigenvalue weighted by Gasteiger charge is 2.47. The Kier molecular flexibility index (Phi) is 8.22. The summed E-state index contributed by atoms with van der Waals surface area (Å²) in [5, 5.41) is 29.3. The summed E-state index contributed by atoms with van der Waals surface area (Å²) in [6.07, 6.45) is 5.39. The van der Waals surface area contributed by atoms with E-state index in [1.807, 2.05) is 6.92 Å². The van der Waals surface area contributed by atoms with Crippen LogP contribution in [0, 0.1) is 10.8 Å². The third-order valence-electron chi connectivity index (χ3n) is 8.70. The summed E-state index contributed by atoms with van der Waals surface area (Å²) in [5.74, 6) is -1.12. The number of aliphatic hydroxyl groups excluding tert-OH is 1. The van der Waals surface area contributed by atoms with Crippen LogP contribution in [-0.2, 0) is 11.3 Å². The fourth-order valence-corrected chi connectivity index (χ4v) is 6.31. The third kappa shape index (κ3) is 5.20. The largest absolute Gasteiger partial charge is 0.494 e. The number of aliphatic hydroxyl groups is 1. The van der Waals surface area contributed by atoms with Gasteiger partial charge in [0.2, 0.25) is 5.88 Å². The van der Waals surface area contributed by atoms with Gasteiger partial charge in [-0.2, -0.15) is 0 Å². The Morgan fingerprint density at radius 1 is 1.21 bits per heavy atom. The van der Waals surface area contributed by atoms with E-state index in [1.165, 1.54) is 4.90 Å². The highest BCUT2D eigenvalue weighted by Crippen LogP contribution is 2.45. The lowest BCUT2D eigenvalue weighted by atomic mass is 9.70. The highest BCUT2D eigenvalue weighted by atomic mass is 16.5. The molecule has 0 bridgehead atoms. The maximum Gasteiger partial charge on any atom is 0.334 e. The fourth-order valence-electron chi connectivity index (χ4n) is 6.31. The first kappa shape index (κ1) is 28.2. The minimum absolute atomic E-state index is 0.0181. The first-order valence-electron chi connectivity index (χ1n) is 13.7. The molecule has 12 nitrogen and oxygen atoms in total. The summed E-state index contributed by atoms with van der Waals surface area (Å²) >= 11 is 0. The maximum atomic E-state index is 13.3. The number of urea groups is 1. The zero-order chi connectivity index (χ0) is 27.8. The molecule has 0 spiro atoms. The van der Waals surface area contributed by atoms with Crippen LogP contribution in [0.25, 0.3) is 0 Å². The average molecular weight is 535 g/mol. The van der Waals surface area contributed by atoms with Gasteiger partial charge in [-0.05, 0) is 56.8 Å². The zero-order valence-corrected chi connectivity index (χ0v) is 22.7. The fraction of sp³-hybridized carbons (Fsp3) is 0.769. The Morgan fingerprint density at radius 2 is 1.89 bits per heavy atom. The summed E-state index contributed by atoms with van der Waals surface area (Å²) in [5.41, 5.74) is 3.76. The number of nitrogens with zero attached hydrogens (tertiary/aromatic N) is 4. The second kappa shape index (κ2) is 11.1. The van der Waals surface area contributed by atoms with Crippen LogP contribution in [0.2, 0.25) is 0 Å². The van der Waals surface area contributed by atoms with Gasteiger partial charge in [0.25, 0.3) is 5.56 Å². The number of amides is 2. The molecule has 3 atom stereocenters. The summed E-state index contributed by atoms with van der Waals surface area (Å²) in [6, 6.07) is -0.962. The van der Waals surface area contributed by atoms with Crippen LogP contribution >= 0.6 is 0 Å². The lowest BCUT2D eigenvalue weighted by molar-refractivity contribution is 0.00612. The number of aromatic hydroxyl groups is 1. The second-order valence-electron chi connectivity index (χ2n) is 11.5. The Bertz CT molecular complexity index is 1160. The second-order valence-corrected chi connectivity index (χ2v) is 11.5. The molecule has 0 radical (unpaired) electrons. The van der Waals surface area contributed by atoms with Gasteiger partial charge in [-0.15, -0.1) is 0 Å². The van der Waals surface area contributed by atoms with Crippen LogP contribution in [-0.4, -0.2) is 79.6 Å². The number of hydrogen-bond donors (Lipinski definition) is 4. The minimum Gasteiger partial charge on any atom is -0.494 e. The number of aromatic nitrogens is 2. The van der Waals surface area contributed by atoms with Gasteiger partial charge in [-0.3, -0.25) is 24.2 Å². The molecule has 3 aliphatic rings. The number of carbonyl (C=O) groups is 1. The van der Waals surface area contributed by atoms with Crippen LogP contribution in [0.3, 0.4) is 0 Å². The third-order valence-corrected chi connectivity index (χ3v) is 8.70. The molecule has 2 amide bonds. The van der Waals surface area contributed by atoms with Crippen molar-refractivity contribution in [3.8, 4) is 5.88 Å². The van der Waals surface area contributed by atoms with Crippen LogP contribution in [0.1, 0.15) is 83.2 Å². The molecule has 3 heterocycles. The van der Waals surface area contributed by atoms with E-state index in [-0.39, 0.29) is 35.7 Å². The van der Waals surface area contributed by atoms with Gasteiger partial charge in [-0.1, -0.05) is 20.3 Å². The van der Waals surface area contributed by atoms with Crippen LogP contribution < -0.4 is 17.0 Å². The van der Waals surface area contributed by atoms with Gasteiger partial charge in [0.15, 0.2) is 6.23 Å². The number of amidine groups is 1. The van der Waals surface area contributed by atoms with Crippen LogP contribution in [0.4, 0.5) is 4.79 Å². The van der Waals surface area contributed by atoms with Crippen molar-refractivity contribution >= 4 is 11.9 Å². The van der Waals surface area contributed by atoms with E-state index in [0.29, 0.717) is 51.7 Å². The SMILES string of the molecule is CCCCn1c(O)c(C(=N)N)c(=O)n(C2CCC(C)(C[C@H]3C(O)N(C)C(=O)N3CC3CCCO3)CC2)c1=O. The summed E-state index contributed by atoms with van der Waals surface area (Å²) in [4.78, 5) is 42.6. The number of nitrogens with one attached hydrogen (secondary N) is 1. The average Bonchev–Trinajstić information content (AvgIpc) is 3.45. The molecule has 4 rings (SSSR count). The predicted molar refractivity (Wildman–Crippen MR) is 141 cm³/mol. The van der Waals surface area contributed by atoms with Crippen molar-refractivity contribution in [3.05, 3.63) is 26.4 Å².